The maximum absolute atomic E-state index is 5.90. The Bertz CT molecular complexity index is 382. The smallest absolute Gasteiger partial charge is 0.142 e. The molecule has 3 heteroatoms. The van der Waals surface area contributed by atoms with E-state index in [2.05, 4.69) is 18.7 Å². The minimum absolute atomic E-state index is 0.561. The molecule has 0 saturated carbocycles. The lowest BCUT2D eigenvalue weighted by Gasteiger charge is -2.30. The molecule has 0 aromatic heterocycles. The third kappa shape index (κ3) is 2.33. The molecule has 1 aliphatic rings. The number of nitrogens with zero attached hydrogens (tertiary/aromatic N) is 1. The monoisotopic (exact) mass is 234 g/mol. The first-order chi connectivity index (χ1) is 8.13. The minimum atomic E-state index is 0.561. The number of hydrogen-bond acceptors (Lipinski definition) is 3. The summed E-state index contributed by atoms with van der Waals surface area (Å²) in [6, 6.07) is 7.03. The number of nitrogen functional groups attached to an aromatic ring is 1. The first-order valence-corrected chi connectivity index (χ1v) is 6.44. The highest BCUT2D eigenvalue weighted by Gasteiger charge is 2.29. The summed E-state index contributed by atoms with van der Waals surface area (Å²) in [4.78, 5) is 2.43. The second-order valence-corrected chi connectivity index (χ2v) is 4.84. The van der Waals surface area contributed by atoms with Crippen LogP contribution in [-0.4, -0.2) is 18.7 Å². The van der Waals surface area contributed by atoms with Crippen LogP contribution in [0.4, 0.5) is 11.4 Å². The highest BCUT2D eigenvalue weighted by atomic mass is 16.5. The topological polar surface area (TPSA) is 38.5 Å². The molecule has 2 N–H and O–H groups in total. The second-order valence-electron chi connectivity index (χ2n) is 4.84. The fourth-order valence-corrected chi connectivity index (χ4v) is 2.68. The van der Waals surface area contributed by atoms with E-state index >= 15 is 0 Å². The van der Waals surface area contributed by atoms with Crippen LogP contribution in [0.1, 0.15) is 33.6 Å². The van der Waals surface area contributed by atoms with Crippen LogP contribution in [0.3, 0.4) is 0 Å². The van der Waals surface area contributed by atoms with E-state index in [0.717, 1.165) is 17.1 Å². The molecule has 1 aromatic rings. The largest absolute Gasteiger partial charge is 0.492 e. The molecule has 1 aliphatic heterocycles. The molecular formula is C14H22N2O. The van der Waals surface area contributed by atoms with Crippen LogP contribution in [0, 0.1) is 0 Å². The van der Waals surface area contributed by atoms with Gasteiger partial charge in [0.05, 0.1) is 12.3 Å². The van der Waals surface area contributed by atoms with Gasteiger partial charge in [0.15, 0.2) is 0 Å². The first kappa shape index (κ1) is 12.1. The first-order valence-electron chi connectivity index (χ1n) is 6.44. The van der Waals surface area contributed by atoms with E-state index in [1.165, 1.54) is 12.8 Å². The van der Waals surface area contributed by atoms with Gasteiger partial charge in [-0.3, -0.25) is 0 Å². The van der Waals surface area contributed by atoms with E-state index in [4.69, 9.17) is 10.5 Å². The Balaban J connectivity index is 2.38. The quantitative estimate of drug-likeness (QED) is 0.817. The van der Waals surface area contributed by atoms with Crippen molar-refractivity contribution < 1.29 is 4.74 Å². The summed E-state index contributed by atoms with van der Waals surface area (Å²) in [7, 11) is 0. The zero-order chi connectivity index (χ0) is 12.4. The van der Waals surface area contributed by atoms with Crippen molar-refractivity contribution in [1.82, 2.24) is 0 Å². The van der Waals surface area contributed by atoms with Gasteiger partial charge in [0.1, 0.15) is 5.75 Å². The van der Waals surface area contributed by atoms with Crippen LogP contribution in [0.2, 0.25) is 0 Å². The Morgan fingerprint density at radius 1 is 1.29 bits per heavy atom. The highest BCUT2D eigenvalue weighted by molar-refractivity contribution is 5.66. The zero-order valence-electron chi connectivity index (χ0n) is 10.9. The van der Waals surface area contributed by atoms with Crippen molar-refractivity contribution >= 4 is 11.4 Å². The minimum Gasteiger partial charge on any atom is -0.492 e. The van der Waals surface area contributed by atoms with Gasteiger partial charge in [-0.2, -0.15) is 0 Å². The van der Waals surface area contributed by atoms with Crippen LogP contribution in [0.25, 0.3) is 0 Å². The number of ether oxygens (including phenoxy) is 1. The highest BCUT2D eigenvalue weighted by Crippen LogP contribution is 2.37. The Morgan fingerprint density at radius 2 is 1.94 bits per heavy atom. The zero-order valence-corrected chi connectivity index (χ0v) is 10.9. The molecule has 1 heterocycles. The summed E-state index contributed by atoms with van der Waals surface area (Å²) in [5, 5.41) is 0. The van der Waals surface area contributed by atoms with Crippen molar-refractivity contribution in [3.05, 3.63) is 18.2 Å². The van der Waals surface area contributed by atoms with E-state index in [-0.39, 0.29) is 0 Å². The van der Waals surface area contributed by atoms with Crippen LogP contribution in [0.15, 0.2) is 18.2 Å². The Kier molecular flexibility index (Phi) is 3.46. The van der Waals surface area contributed by atoms with Crippen LogP contribution < -0.4 is 15.4 Å². The summed E-state index contributed by atoms with van der Waals surface area (Å²) >= 11 is 0. The predicted octanol–water partition coefficient (Wildman–Crippen LogP) is 3.04. The molecule has 0 bridgehead atoms. The summed E-state index contributed by atoms with van der Waals surface area (Å²) < 4.78 is 5.70. The molecule has 0 spiro atoms. The van der Waals surface area contributed by atoms with Gasteiger partial charge in [-0.05, 0) is 51.8 Å². The normalized spacial score (nSPS) is 24.1. The lowest BCUT2D eigenvalue weighted by atomic mass is 10.2. The molecule has 1 aromatic carbocycles. The standard InChI is InChI=1S/C14H22N2O/c1-4-17-14-8-7-12(15)9-13(14)16-10(2)5-6-11(16)3/h7-11H,4-6,15H2,1-3H3/t10-,11-/m0/s1. The number of rotatable bonds is 3. The average molecular weight is 234 g/mol. The molecule has 0 amide bonds. The van der Waals surface area contributed by atoms with Gasteiger partial charge < -0.3 is 15.4 Å². The molecule has 1 fully saturated rings. The maximum atomic E-state index is 5.90. The molecule has 1 saturated heterocycles. The Morgan fingerprint density at radius 3 is 2.53 bits per heavy atom. The molecule has 17 heavy (non-hydrogen) atoms. The Labute approximate surface area is 104 Å². The van der Waals surface area contributed by atoms with Crippen LogP contribution >= 0.6 is 0 Å². The van der Waals surface area contributed by atoms with Gasteiger partial charge >= 0.3 is 0 Å². The fraction of sp³-hybridized carbons (Fsp3) is 0.571. The van der Waals surface area contributed by atoms with Crippen LogP contribution in [0.5, 0.6) is 5.75 Å². The second kappa shape index (κ2) is 4.86. The number of hydrogen-bond donors (Lipinski definition) is 1. The fourth-order valence-electron chi connectivity index (χ4n) is 2.68. The SMILES string of the molecule is CCOc1ccc(N)cc1N1[C@@H](C)CC[C@@H]1C. The van der Waals surface area contributed by atoms with E-state index in [1.807, 2.05) is 25.1 Å². The molecule has 3 nitrogen and oxygen atoms in total. The molecule has 0 aliphatic carbocycles. The molecule has 2 rings (SSSR count). The average Bonchev–Trinajstić information content (AvgIpc) is 2.62. The molecule has 0 radical (unpaired) electrons. The van der Waals surface area contributed by atoms with Crippen molar-refractivity contribution in [2.75, 3.05) is 17.2 Å². The lowest BCUT2D eigenvalue weighted by molar-refractivity contribution is 0.339. The van der Waals surface area contributed by atoms with Gasteiger partial charge in [0.25, 0.3) is 0 Å². The molecule has 2 atom stereocenters. The predicted molar refractivity (Wildman–Crippen MR) is 72.7 cm³/mol. The summed E-state index contributed by atoms with van der Waals surface area (Å²) in [6.45, 7) is 7.23. The van der Waals surface area contributed by atoms with E-state index < -0.39 is 0 Å². The van der Waals surface area contributed by atoms with Crippen LogP contribution in [-0.2, 0) is 0 Å². The van der Waals surface area contributed by atoms with E-state index in [0.29, 0.717) is 18.7 Å². The third-order valence-electron chi connectivity index (χ3n) is 3.51. The van der Waals surface area contributed by atoms with Gasteiger partial charge in [-0.15, -0.1) is 0 Å². The number of benzene rings is 1. The van der Waals surface area contributed by atoms with E-state index in [1.54, 1.807) is 0 Å². The number of anilines is 2. The van der Waals surface area contributed by atoms with Gasteiger partial charge in [0, 0.05) is 17.8 Å². The van der Waals surface area contributed by atoms with Crippen molar-refractivity contribution in [3.8, 4) is 5.75 Å². The van der Waals surface area contributed by atoms with Crippen molar-refractivity contribution in [3.63, 3.8) is 0 Å². The summed E-state index contributed by atoms with van der Waals surface area (Å²) in [5.41, 5.74) is 7.84. The molecule has 94 valence electrons. The van der Waals surface area contributed by atoms with Gasteiger partial charge in [-0.1, -0.05) is 0 Å². The van der Waals surface area contributed by atoms with Crippen molar-refractivity contribution in [1.29, 1.82) is 0 Å². The molecule has 0 unspecified atom stereocenters. The Hall–Kier alpha value is -1.38. The summed E-state index contributed by atoms with van der Waals surface area (Å²) in [5.74, 6) is 0.947. The van der Waals surface area contributed by atoms with Gasteiger partial charge in [0.2, 0.25) is 0 Å². The number of nitrogens with two attached hydrogens (primary N) is 1. The van der Waals surface area contributed by atoms with Crippen molar-refractivity contribution in [2.24, 2.45) is 0 Å². The maximum Gasteiger partial charge on any atom is 0.142 e. The van der Waals surface area contributed by atoms with Gasteiger partial charge in [-0.25, -0.2) is 0 Å². The molecular weight excluding hydrogens is 212 g/mol. The third-order valence-corrected chi connectivity index (χ3v) is 3.51. The van der Waals surface area contributed by atoms with Crippen molar-refractivity contribution in [2.45, 2.75) is 45.7 Å². The van der Waals surface area contributed by atoms with E-state index in [9.17, 15) is 0 Å². The lowest BCUT2D eigenvalue weighted by Crippen LogP contribution is -2.32. The summed E-state index contributed by atoms with van der Waals surface area (Å²) in [6.07, 6.45) is 2.48.